The molecule has 0 spiro atoms. The molecule has 0 bridgehead atoms. The third kappa shape index (κ3) is 4.40. The molecule has 2 heterocycles. The molecule has 0 saturated heterocycles. The minimum atomic E-state index is 0. The van der Waals surface area contributed by atoms with Crippen LogP contribution in [-0.4, -0.2) is 40.2 Å². The van der Waals surface area contributed by atoms with E-state index in [4.69, 9.17) is 23.2 Å². The summed E-state index contributed by atoms with van der Waals surface area (Å²) in [6.45, 7) is 2.44. The van der Waals surface area contributed by atoms with E-state index in [-0.39, 0.29) is 12.4 Å². The maximum Gasteiger partial charge on any atom is 0.153 e. The monoisotopic (exact) mass is 422 g/mol. The Hall–Kier alpha value is -2.15. The Kier molecular flexibility index (Phi) is 6.31. The third-order valence-corrected chi connectivity index (χ3v) is 4.56. The average molecular weight is 424 g/mol. The number of nitrogens with zero attached hydrogens (tertiary/aromatic N) is 5. The van der Waals surface area contributed by atoms with Crippen molar-refractivity contribution in [3.8, 4) is 0 Å². The van der Waals surface area contributed by atoms with Crippen molar-refractivity contribution in [1.29, 1.82) is 0 Å². The number of aromatic nitrogens is 2. The summed E-state index contributed by atoms with van der Waals surface area (Å²) in [5, 5.41) is 11.5. The molecule has 140 valence electrons. The van der Waals surface area contributed by atoms with Crippen LogP contribution in [0.5, 0.6) is 0 Å². The quantitative estimate of drug-likeness (QED) is 0.499. The van der Waals surface area contributed by atoms with Crippen molar-refractivity contribution in [2.45, 2.75) is 0 Å². The first-order valence-corrected chi connectivity index (χ1v) is 9.21. The number of anilines is 3. The van der Waals surface area contributed by atoms with E-state index in [9.17, 15) is 0 Å². The predicted molar refractivity (Wildman–Crippen MR) is 105 cm³/mol. The van der Waals surface area contributed by atoms with Gasteiger partial charge in [0.2, 0.25) is 0 Å². The second-order valence-electron chi connectivity index (χ2n) is 5.91. The molecule has 0 amide bonds. The van der Waals surface area contributed by atoms with E-state index in [0.29, 0.717) is 10.9 Å². The van der Waals surface area contributed by atoms with E-state index < -0.39 is 0 Å². The van der Waals surface area contributed by atoms with Crippen LogP contribution in [0.2, 0.25) is 5.02 Å². The molecule has 1 N–H and O–H groups in total. The molecule has 0 atom stereocenters. The highest BCUT2D eigenvalue weighted by molar-refractivity contribution is 6.30. The molecule has 1 aliphatic rings. The van der Waals surface area contributed by atoms with Crippen LogP contribution < -0.4 is 22.7 Å². The summed E-state index contributed by atoms with van der Waals surface area (Å²) in [5.41, 5.74) is 2.74. The zero-order valence-corrected chi connectivity index (χ0v) is 16.6. The van der Waals surface area contributed by atoms with Crippen molar-refractivity contribution in [3.63, 3.8) is 0 Å². The summed E-state index contributed by atoms with van der Waals surface area (Å²) in [7, 11) is 0. The highest BCUT2D eigenvalue weighted by Gasteiger charge is 2.23. The van der Waals surface area contributed by atoms with Crippen LogP contribution in [0.1, 0.15) is 0 Å². The van der Waals surface area contributed by atoms with Gasteiger partial charge in [-0.25, -0.2) is 9.97 Å². The van der Waals surface area contributed by atoms with Gasteiger partial charge in [0.05, 0.1) is 16.6 Å². The minimum absolute atomic E-state index is 0. The number of halogens is 3. The lowest BCUT2D eigenvalue weighted by Gasteiger charge is -2.10. The van der Waals surface area contributed by atoms with Gasteiger partial charge in [-0.1, -0.05) is 17.7 Å². The van der Waals surface area contributed by atoms with Crippen molar-refractivity contribution in [1.82, 2.24) is 9.97 Å². The molecule has 1 aromatic heterocycles. The van der Waals surface area contributed by atoms with Crippen molar-refractivity contribution in [3.05, 3.63) is 53.8 Å². The molecule has 1 aliphatic heterocycles. The second-order valence-corrected chi connectivity index (χ2v) is 6.73. The summed E-state index contributed by atoms with van der Waals surface area (Å²) >= 11 is 11.9. The summed E-state index contributed by atoms with van der Waals surface area (Å²) in [4.78, 5) is 8.76. The van der Waals surface area contributed by atoms with Crippen LogP contribution in [0.3, 0.4) is 0 Å². The molecule has 27 heavy (non-hydrogen) atoms. The van der Waals surface area contributed by atoms with E-state index in [2.05, 4.69) is 26.6 Å². The summed E-state index contributed by atoms with van der Waals surface area (Å²) in [6, 6.07) is 13.6. The molecule has 0 unspecified atom stereocenters. The number of benzene rings is 2. The number of rotatable bonds is 5. The van der Waals surface area contributed by atoms with Gasteiger partial charge in [0.1, 0.15) is 25.2 Å². The summed E-state index contributed by atoms with van der Waals surface area (Å²) in [6.07, 6.45) is 1.55. The highest BCUT2D eigenvalue weighted by Crippen LogP contribution is 2.29. The number of hydrogen-bond donors (Lipinski definition) is 1. The fraction of sp³-hybridized carbons (Fsp3) is 0.222. The first kappa shape index (κ1) is 19.6. The maximum absolute atomic E-state index is 6.07. The standard InChI is InChI=1S/C18H17Cl2N6.ClH/c19-6-7-25-8-9-26(24-25)15-4-5-17-16(11-15)18(22-12-21-17)23-14-3-1-2-13(20)10-14;/h1-5,10-12H,6-9H2,(H,21,22,23);1H/q+1;/p-1. The van der Waals surface area contributed by atoms with Gasteiger partial charge in [-0.2, -0.15) is 4.70 Å². The van der Waals surface area contributed by atoms with Gasteiger partial charge < -0.3 is 17.7 Å². The molecule has 0 saturated carbocycles. The molecular weight excluding hydrogens is 407 g/mol. The van der Waals surface area contributed by atoms with E-state index >= 15 is 0 Å². The highest BCUT2D eigenvalue weighted by atomic mass is 35.5. The Labute approximate surface area is 173 Å². The van der Waals surface area contributed by atoms with Crippen LogP contribution in [0.4, 0.5) is 17.2 Å². The number of hydrogen-bond acceptors (Lipinski definition) is 5. The Morgan fingerprint density at radius 2 is 2.04 bits per heavy atom. The number of fused-ring (bicyclic) bond motifs is 1. The molecule has 2 aromatic carbocycles. The van der Waals surface area contributed by atoms with Gasteiger partial charge in [0.15, 0.2) is 12.2 Å². The van der Waals surface area contributed by atoms with Crippen LogP contribution >= 0.6 is 23.2 Å². The normalized spacial score (nSPS) is 13.4. The Morgan fingerprint density at radius 3 is 2.85 bits per heavy atom. The van der Waals surface area contributed by atoms with Gasteiger partial charge in [0, 0.05) is 16.1 Å². The Morgan fingerprint density at radius 1 is 1.15 bits per heavy atom. The molecular formula is C18H17Cl3N6. The third-order valence-electron chi connectivity index (χ3n) is 4.15. The Balaban J connectivity index is 0.00000210. The SMILES string of the molecule is ClCC[N+]1=NN(c2ccc3ncnc(Nc4cccc(Cl)c4)c3c2)CC1.[Cl-]. The van der Waals surface area contributed by atoms with Crippen molar-refractivity contribution in [2.24, 2.45) is 5.22 Å². The molecule has 0 radical (unpaired) electrons. The summed E-state index contributed by atoms with van der Waals surface area (Å²) < 4.78 is 1.98. The molecule has 0 fully saturated rings. The van der Waals surface area contributed by atoms with Gasteiger partial charge in [-0.3, -0.25) is 0 Å². The van der Waals surface area contributed by atoms with Crippen LogP contribution in [0, 0.1) is 0 Å². The fourth-order valence-electron chi connectivity index (χ4n) is 2.89. The maximum atomic E-state index is 6.07. The van der Waals surface area contributed by atoms with Crippen LogP contribution in [0.15, 0.2) is 54.0 Å². The topological polar surface area (TPSA) is 56.4 Å². The molecule has 3 aromatic rings. The zero-order valence-electron chi connectivity index (χ0n) is 14.3. The van der Waals surface area contributed by atoms with E-state index in [0.717, 1.165) is 47.7 Å². The number of nitrogens with one attached hydrogen (secondary N) is 1. The lowest BCUT2D eigenvalue weighted by Crippen LogP contribution is -3.00. The lowest BCUT2D eigenvalue weighted by molar-refractivity contribution is -0.575. The largest absolute Gasteiger partial charge is 1.00 e. The minimum Gasteiger partial charge on any atom is -1.00 e. The van der Waals surface area contributed by atoms with Crippen molar-refractivity contribution < 1.29 is 17.1 Å². The van der Waals surface area contributed by atoms with Gasteiger partial charge >= 0.3 is 0 Å². The smallest absolute Gasteiger partial charge is 0.153 e. The first-order chi connectivity index (χ1) is 12.7. The molecule has 4 rings (SSSR count). The van der Waals surface area contributed by atoms with Gasteiger partial charge in [-0.05, 0) is 36.4 Å². The van der Waals surface area contributed by atoms with Crippen LogP contribution in [0.25, 0.3) is 10.9 Å². The fourth-order valence-corrected chi connectivity index (χ4v) is 3.28. The zero-order chi connectivity index (χ0) is 17.9. The van der Waals surface area contributed by atoms with E-state index in [1.54, 1.807) is 6.33 Å². The summed E-state index contributed by atoms with van der Waals surface area (Å²) in [5.74, 6) is 1.30. The van der Waals surface area contributed by atoms with Crippen molar-refractivity contribution >= 4 is 51.3 Å². The number of alkyl halides is 1. The molecule has 9 heteroatoms. The Bertz CT molecular complexity index is 978. The van der Waals surface area contributed by atoms with Gasteiger partial charge in [0.25, 0.3) is 0 Å². The molecule has 6 nitrogen and oxygen atoms in total. The second kappa shape index (κ2) is 8.69. The lowest BCUT2D eigenvalue weighted by atomic mass is 10.2. The van der Waals surface area contributed by atoms with Crippen molar-refractivity contribution in [2.75, 3.05) is 35.8 Å². The predicted octanol–water partition coefficient (Wildman–Crippen LogP) is 1.47. The van der Waals surface area contributed by atoms with E-state index in [1.165, 1.54) is 0 Å². The first-order valence-electron chi connectivity index (χ1n) is 8.30. The van der Waals surface area contributed by atoms with Crippen LogP contribution in [-0.2, 0) is 0 Å². The molecule has 0 aliphatic carbocycles. The van der Waals surface area contributed by atoms with Gasteiger partial charge in [-0.15, -0.1) is 16.6 Å². The van der Waals surface area contributed by atoms with E-state index in [1.807, 2.05) is 46.1 Å². The average Bonchev–Trinajstić information content (AvgIpc) is 3.11.